The molecule has 0 heterocycles. The van der Waals surface area contributed by atoms with Gasteiger partial charge in [-0.15, -0.1) is 0 Å². The summed E-state index contributed by atoms with van der Waals surface area (Å²) in [6.45, 7) is 2.07. The van der Waals surface area contributed by atoms with E-state index in [0.717, 1.165) is 17.4 Å². The highest BCUT2D eigenvalue weighted by Crippen LogP contribution is 2.18. The first-order valence-electron chi connectivity index (χ1n) is 4.85. The summed E-state index contributed by atoms with van der Waals surface area (Å²) in [7, 11) is 12.9. The van der Waals surface area contributed by atoms with Crippen LogP contribution in [-0.2, 0) is 0 Å². The van der Waals surface area contributed by atoms with Crippen LogP contribution in [-0.4, -0.2) is 28.7 Å². The maximum atomic E-state index is 5.73. The average Bonchev–Trinajstić information content (AvgIpc) is 2.19. The van der Waals surface area contributed by atoms with Gasteiger partial charge in [0.15, 0.2) is 0 Å². The maximum absolute atomic E-state index is 5.73. The molecule has 0 aliphatic carbocycles. The Morgan fingerprint density at radius 2 is 2.07 bits per heavy atom. The first kappa shape index (κ1) is 11.4. The van der Waals surface area contributed by atoms with Crippen molar-refractivity contribution in [3.05, 3.63) is 29.8 Å². The molecule has 5 radical (unpaired) electrons. The van der Waals surface area contributed by atoms with Crippen LogP contribution in [0, 0.1) is 0 Å². The lowest BCUT2D eigenvalue weighted by Gasteiger charge is -2.22. The van der Waals surface area contributed by atoms with Gasteiger partial charge in [0.1, 0.15) is 0 Å². The second kappa shape index (κ2) is 5.30. The summed E-state index contributed by atoms with van der Waals surface area (Å²) < 4.78 is 0. The van der Waals surface area contributed by atoms with E-state index in [0.29, 0.717) is 0 Å². The van der Waals surface area contributed by atoms with Crippen LogP contribution in [0.15, 0.2) is 24.3 Å². The van der Waals surface area contributed by atoms with Crippen molar-refractivity contribution < 1.29 is 0 Å². The van der Waals surface area contributed by atoms with Crippen molar-refractivity contribution in [2.45, 2.75) is 25.2 Å². The van der Waals surface area contributed by atoms with Crippen molar-refractivity contribution in [3.8, 4) is 0 Å². The van der Waals surface area contributed by atoms with Crippen LogP contribution < -0.4 is 11.2 Å². The number of nitrogens with two attached hydrogens (primary N) is 1. The van der Waals surface area contributed by atoms with E-state index in [-0.39, 0.29) is 11.9 Å². The molecule has 0 saturated carbocycles. The fourth-order valence-corrected chi connectivity index (χ4v) is 1.70. The summed E-state index contributed by atoms with van der Waals surface area (Å²) in [6.07, 6.45) is 0.919. The zero-order valence-electron chi connectivity index (χ0n) is 8.48. The molecular formula is C10H13B3N. The molecular weight excluding hydrogens is 167 g/mol. The quantitative estimate of drug-likeness (QED) is 0.650. The first-order chi connectivity index (χ1) is 6.70. The van der Waals surface area contributed by atoms with E-state index in [2.05, 4.69) is 6.92 Å². The van der Waals surface area contributed by atoms with Gasteiger partial charge in [-0.25, -0.2) is 0 Å². The fourth-order valence-electron chi connectivity index (χ4n) is 1.70. The van der Waals surface area contributed by atoms with Gasteiger partial charge in [0.05, 0.1) is 15.0 Å². The van der Waals surface area contributed by atoms with Crippen molar-refractivity contribution in [1.29, 1.82) is 0 Å². The minimum Gasteiger partial charge on any atom is -0.335 e. The number of hydrogen-bond donors (Lipinski definition) is 1. The Bertz CT molecular complexity index is 288. The molecule has 1 rings (SSSR count). The lowest BCUT2D eigenvalue weighted by molar-refractivity contribution is 0.635. The SMILES string of the molecule is [B][B]c1ccccc1C(CC)C([B])N. The van der Waals surface area contributed by atoms with Crippen LogP contribution in [0.2, 0.25) is 0 Å². The largest absolute Gasteiger partial charge is 0.335 e. The normalized spacial score (nSPS) is 14.7. The highest BCUT2D eigenvalue weighted by Gasteiger charge is 2.15. The minimum absolute atomic E-state index is 0.172. The van der Waals surface area contributed by atoms with Crippen LogP contribution in [0.4, 0.5) is 0 Å². The van der Waals surface area contributed by atoms with Crippen LogP contribution in [0.5, 0.6) is 0 Å². The van der Waals surface area contributed by atoms with Crippen molar-refractivity contribution in [2.75, 3.05) is 0 Å². The summed E-state index contributed by atoms with van der Waals surface area (Å²) in [5, 5.41) is 0. The van der Waals surface area contributed by atoms with Gasteiger partial charge >= 0.3 is 0 Å². The van der Waals surface area contributed by atoms with Gasteiger partial charge in [0.2, 0.25) is 0 Å². The summed E-state index contributed by atoms with van der Waals surface area (Å²) >= 11 is 0. The highest BCUT2D eigenvalue weighted by atomic mass is 14.6. The predicted octanol–water partition coefficient (Wildman–Crippen LogP) is 0.0465. The van der Waals surface area contributed by atoms with Crippen LogP contribution in [0.25, 0.3) is 0 Å². The van der Waals surface area contributed by atoms with Crippen LogP contribution in [0.1, 0.15) is 24.8 Å². The Balaban J connectivity index is 3.02. The molecule has 67 valence electrons. The molecule has 2 N–H and O–H groups in total. The molecule has 0 amide bonds. The lowest BCUT2D eigenvalue weighted by atomic mass is 9.49. The average molecular weight is 180 g/mol. The molecule has 14 heavy (non-hydrogen) atoms. The van der Waals surface area contributed by atoms with Gasteiger partial charge in [-0.05, 0) is 18.3 Å². The molecule has 1 nitrogen and oxygen atoms in total. The summed E-state index contributed by atoms with van der Waals surface area (Å²) in [5.74, 6) is -0.160. The predicted molar refractivity (Wildman–Crippen MR) is 64.3 cm³/mol. The summed E-state index contributed by atoms with van der Waals surface area (Å²) in [4.78, 5) is 0. The molecule has 0 aliphatic heterocycles. The van der Waals surface area contributed by atoms with Crippen molar-refractivity contribution in [3.63, 3.8) is 0 Å². The Hall–Kier alpha value is -0.625. The Labute approximate surface area is 89.5 Å². The molecule has 1 aromatic rings. The molecule has 0 aromatic heterocycles. The fraction of sp³-hybridized carbons (Fsp3) is 0.400. The van der Waals surface area contributed by atoms with Crippen LogP contribution >= 0.6 is 0 Å². The molecule has 2 unspecified atom stereocenters. The molecule has 2 atom stereocenters. The lowest BCUT2D eigenvalue weighted by Crippen LogP contribution is -2.33. The maximum Gasteiger partial charge on any atom is 0.0960 e. The highest BCUT2D eigenvalue weighted by molar-refractivity contribution is 6.97. The summed E-state index contributed by atoms with van der Waals surface area (Å²) in [6, 6.07) is 7.93. The third-order valence-corrected chi connectivity index (χ3v) is 2.48. The van der Waals surface area contributed by atoms with Gasteiger partial charge in [0.25, 0.3) is 0 Å². The van der Waals surface area contributed by atoms with Crippen molar-refractivity contribution in [2.24, 2.45) is 5.73 Å². The Morgan fingerprint density at radius 1 is 1.43 bits per heavy atom. The molecule has 0 bridgehead atoms. The van der Waals surface area contributed by atoms with Crippen molar-refractivity contribution in [1.82, 2.24) is 0 Å². The zero-order valence-corrected chi connectivity index (χ0v) is 8.48. The van der Waals surface area contributed by atoms with Gasteiger partial charge in [-0.2, -0.15) is 0 Å². The number of benzene rings is 1. The minimum atomic E-state index is -0.332. The number of hydrogen-bond acceptors (Lipinski definition) is 1. The molecule has 0 fully saturated rings. The van der Waals surface area contributed by atoms with Crippen molar-refractivity contribution >= 4 is 28.2 Å². The first-order valence-corrected chi connectivity index (χ1v) is 4.85. The van der Waals surface area contributed by atoms with Gasteiger partial charge < -0.3 is 5.73 Å². The topological polar surface area (TPSA) is 26.0 Å². The van der Waals surface area contributed by atoms with E-state index in [9.17, 15) is 0 Å². The van der Waals surface area contributed by atoms with E-state index >= 15 is 0 Å². The molecule has 0 aliphatic rings. The van der Waals surface area contributed by atoms with E-state index in [4.69, 9.17) is 21.3 Å². The Kier molecular flexibility index (Phi) is 4.34. The monoisotopic (exact) mass is 180 g/mol. The molecule has 0 saturated heterocycles. The van der Waals surface area contributed by atoms with E-state index in [1.54, 1.807) is 7.17 Å². The third kappa shape index (κ3) is 2.45. The van der Waals surface area contributed by atoms with E-state index in [1.807, 2.05) is 24.3 Å². The third-order valence-electron chi connectivity index (χ3n) is 2.48. The number of rotatable bonds is 4. The van der Waals surface area contributed by atoms with Crippen LogP contribution in [0.3, 0.4) is 0 Å². The van der Waals surface area contributed by atoms with E-state index in [1.165, 1.54) is 0 Å². The summed E-state index contributed by atoms with van der Waals surface area (Å²) in [5.41, 5.74) is 7.87. The Morgan fingerprint density at radius 3 is 2.57 bits per heavy atom. The molecule has 0 spiro atoms. The van der Waals surface area contributed by atoms with Gasteiger partial charge in [0, 0.05) is 7.74 Å². The molecule has 4 heteroatoms. The standard InChI is InChI=1S/C10H13B3N/c1-2-7(10(11)14)8-5-3-4-6-9(8)13-12/h3-7,10H,2,14H2,1H3. The second-order valence-corrected chi connectivity index (χ2v) is 3.39. The second-order valence-electron chi connectivity index (χ2n) is 3.39. The molecule has 1 aromatic carbocycles. The smallest absolute Gasteiger partial charge is 0.0960 e. The zero-order chi connectivity index (χ0) is 10.6. The van der Waals surface area contributed by atoms with E-state index < -0.39 is 0 Å². The van der Waals surface area contributed by atoms with Gasteiger partial charge in [-0.1, -0.05) is 42.2 Å². The van der Waals surface area contributed by atoms with Gasteiger partial charge in [-0.3, -0.25) is 0 Å².